The van der Waals surface area contributed by atoms with Gasteiger partial charge >= 0.3 is 0 Å². The molecule has 1 atom stereocenters. The maximum atomic E-state index is 7.00. The summed E-state index contributed by atoms with van der Waals surface area (Å²) in [6.07, 6.45) is 1.36. The van der Waals surface area contributed by atoms with Crippen LogP contribution >= 0.6 is 0 Å². The minimum atomic E-state index is -0.0588. The van der Waals surface area contributed by atoms with Crippen LogP contribution in [0.25, 0.3) is 0 Å². The molecule has 0 saturated carbocycles. The molecule has 0 aromatic carbocycles. The van der Waals surface area contributed by atoms with Crippen molar-refractivity contribution >= 4 is 11.9 Å². The lowest BCUT2D eigenvalue weighted by atomic mass is 10.1. The molecule has 0 bridgehead atoms. The van der Waals surface area contributed by atoms with Crippen molar-refractivity contribution in [2.45, 2.75) is 18.9 Å². The van der Waals surface area contributed by atoms with E-state index in [1.54, 1.807) is 0 Å². The number of rotatable bonds is 5. The van der Waals surface area contributed by atoms with E-state index in [2.05, 4.69) is 17.6 Å². The van der Waals surface area contributed by atoms with E-state index in [-0.39, 0.29) is 18.0 Å². The van der Waals surface area contributed by atoms with Gasteiger partial charge < -0.3 is 22.1 Å². The second-order valence-electron chi connectivity index (χ2n) is 2.67. The van der Waals surface area contributed by atoms with Crippen molar-refractivity contribution in [2.75, 3.05) is 6.54 Å². The molecular weight excluding hydrogens is 168 g/mol. The zero-order valence-corrected chi connectivity index (χ0v) is 7.56. The summed E-state index contributed by atoms with van der Waals surface area (Å²) >= 11 is 0. The Morgan fingerprint density at radius 1 is 1.31 bits per heavy atom. The van der Waals surface area contributed by atoms with Crippen molar-refractivity contribution < 1.29 is 0 Å². The van der Waals surface area contributed by atoms with Crippen molar-refractivity contribution in [3.63, 3.8) is 0 Å². The summed E-state index contributed by atoms with van der Waals surface area (Å²) in [6.45, 7) is 4.29. The molecule has 0 aromatic rings. The van der Waals surface area contributed by atoms with E-state index in [1.165, 1.54) is 0 Å². The number of nitrogens with two attached hydrogens (primary N) is 2. The second kappa shape index (κ2) is 6.10. The van der Waals surface area contributed by atoms with E-state index >= 15 is 0 Å². The Labute approximate surface area is 78.1 Å². The molecular formula is C7H17N6. The molecule has 0 heterocycles. The minimum Gasteiger partial charge on any atom is -0.370 e. The van der Waals surface area contributed by atoms with Crippen LogP contribution in [-0.4, -0.2) is 24.5 Å². The molecule has 0 fully saturated rings. The third-order valence-corrected chi connectivity index (χ3v) is 1.52. The van der Waals surface area contributed by atoms with Crippen molar-refractivity contribution in [1.29, 1.82) is 10.8 Å². The zero-order valence-electron chi connectivity index (χ0n) is 7.56. The third kappa shape index (κ3) is 6.92. The van der Waals surface area contributed by atoms with Gasteiger partial charge in [-0.05, 0) is 12.8 Å². The SMILES string of the molecule is [CH2]CC(CCNC(=N)N)NC(=N)N. The first kappa shape index (κ1) is 11.5. The Morgan fingerprint density at radius 2 is 1.92 bits per heavy atom. The van der Waals surface area contributed by atoms with Crippen LogP contribution in [0, 0.1) is 17.7 Å². The quantitative estimate of drug-likeness (QED) is 0.241. The predicted molar refractivity (Wildman–Crippen MR) is 53.3 cm³/mol. The van der Waals surface area contributed by atoms with Gasteiger partial charge in [0.15, 0.2) is 11.9 Å². The van der Waals surface area contributed by atoms with Crippen LogP contribution in [0.3, 0.4) is 0 Å². The number of nitrogens with one attached hydrogen (secondary N) is 4. The van der Waals surface area contributed by atoms with Gasteiger partial charge in [-0.1, -0.05) is 6.92 Å². The zero-order chi connectivity index (χ0) is 10.3. The van der Waals surface area contributed by atoms with E-state index < -0.39 is 0 Å². The summed E-state index contributed by atoms with van der Waals surface area (Å²) in [5.74, 6) is -0.109. The normalized spacial score (nSPS) is 11.8. The van der Waals surface area contributed by atoms with Gasteiger partial charge in [-0.15, -0.1) is 0 Å². The van der Waals surface area contributed by atoms with Crippen LogP contribution < -0.4 is 22.1 Å². The molecule has 75 valence electrons. The Balaban J connectivity index is 3.59. The van der Waals surface area contributed by atoms with Crippen LogP contribution in [0.5, 0.6) is 0 Å². The van der Waals surface area contributed by atoms with Gasteiger partial charge in [0.2, 0.25) is 0 Å². The topological polar surface area (TPSA) is 124 Å². The molecule has 1 unspecified atom stereocenters. The van der Waals surface area contributed by atoms with E-state index in [4.69, 9.17) is 22.3 Å². The summed E-state index contributed by atoms with van der Waals surface area (Å²) in [5, 5.41) is 19.3. The molecule has 0 spiro atoms. The average Bonchev–Trinajstić information content (AvgIpc) is 2.01. The van der Waals surface area contributed by atoms with Gasteiger partial charge in [-0.2, -0.15) is 0 Å². The maximum Gasteiger partial charge on any atom is 0.185 e. The standard InChI is InChI=1S/C7H17N6/c1-2-5(13-7(10)11)3-4-12-6(8)9/h5H,1-4H2,(H4,8,9,12)(H4,10,11,13). The summed E-state index contributed by atoms with van der Waals surface area (Å²) in [4.78, 5) is 0. The van der Waals surface area contributed by atoms with Crippen molar-refractivity contribution in [1.82, 2.24) is 10.6 Å². The molecule has 0 saturated heterocycles. The summed E-state index contributed by atoms with van der Waals surface area (Å²) in [7, 11) is 0. The highest BCUT2D eigenvalue weighted by molar-refractivity contribution is 5.75. The van der Waals surface area contributed by atoms with Crippen LogP contribution in [0.15, 0.2) is 0 Å². The summed E-state index contributed by atoms with van der Waals surface area (Å²) in [5.41, 5.74) is 10.2. The Bertz CT molecular complexity index is 178. The van der Waals surface area contributed by atoms with Crippen molar-refractivity contribution in [2.24, 2.45) is 11.5 Å². The van der Waals surface area contributed by atoms with Crippen LogP contribution in [-0.2, 0) is 0 Å². The first-order valence-corrected chi connectivity index (χ1v) is 4.04. The molecule has 0 aromatic heterocycles. The summed E-state index contributed by atoms with van der Waals surface area (Å²) < 4.78 is 0. The molecule has 0 rings (SSSR count). The number of hydrogen-bond acceptors (Lipinski definition) is 2. The molecule has 6 nitrogen and oxygen atoms in total. The predicted octanol–water partition coefficient (Wildman–Crippen LogP) is -1.06. The first-order valence-electron chi connectivity index (χ1n) is 4.04. The lowest BCUT2D eigenvalue weighted by molar-refractivity contribution is 0.554. The Morgan fingerprint density at radius 3 is 2.31 bits per heavy atom. The molecule has 8 N–H and O–H groups in total. The minimum absolute atomic E-state index is 0.0503. The second-order valence-corrected chi connectivity index (χ2v) is 2.67. The Kier molecular flexibility index (Phi) is 5.42. The third-order valence-electron chi connectivity index (χ3n) is 1.52. The van der Waals surface area contributed by atoms with Crippen LogP contribution in [0.1, 0.15) is 12.8 Å². The van der Waals surface area contributed by atoms with Gasteiger partial charge in [-0.25, -0.2) is 0 Å². The highest BCUT2D eigenvalue weighted by Gasteiger charge is 2.05. The van der Waals surface area contributed by atoms with Crippen molar-refractivity contribution in [3.8, 4) is 0 Å². The molecule has 6 heteroatoms. The largest absolute Gasteiger partial charge is 0.370 e. The maximum absolute atomic E-state index is 7.00. The van der Waals surface area contributed by atoms with Gasteiger partial charge in [0.05, 0.1) is 0 Å². The molecule has 0 aliphatic rings. The first-order chi connectivity index (χ1) is 6.06. The van der Waals surface area contributed by atoms with Gasteiger partial charge in [0, 0.05) is 12.6 Å². The highest BCUT2D eigenvalue weighted by atomic mass is 15.1. The van der Waals surface area contributed by atoms with Crippen LogP contribution in [0.2, 0.25) is 0 Å². The fraction of sp³-hybridized carbons (Fsp3) is 0.571. The van der Waals surface area contributed by atoms with Crippen LogP contribution in [0.4, 0.5) is 0 Å². The fourth-order valence-electron chi connectivity index (χ4n) is 0.890. The van der Waals surface area contributed by atoms with Gasteiger partial charge in [0.25, 0.3) is 0 Å². The molecule has 1 radical (unpaired) electrons. The van der Waals surface area contributed by atoms with Gasteiger partial charge in [0.1, 0.15) is 0 Å². The molecule has 13 heavy (non-hydrogen) atoms. The van der Waals surface area contributed by atoms with E-state index in [1.807, 2.05) is 0 Å². The lowest BCUT2D eigenvalue weighted by Gasteiger charge is -2.16. The van der Waals surface area contributed by atoms with E-state index in [0.717, 1.165) is 6.42 Å². The monoisotopic (exact) mass is 185 g/mol. The lowest BCUT2D eigenvalue weighted by Crippen LogP contribution is -2.41. The summed E-state index contributed by atoms with van der Waals surface area (Å²) in [6, 6.07) is 0.0596. The average molecular weight is 185 g/mol. The van der Waals surface area contributed by atoms with E-state index in [0.29, 0.717) is 13.0 Å². The van der Waals surface area contributed by atoms with Gasteiger partial charge in [-0.3, -0.25) is 10.8 Å². The molecule has 0 aliphatic heterocycles. The molecule has 0 aliphatic carbocycles. The highest BCUT2D eigenvalue weighted by Crippen LogP contribution is 1.94. The fourth-order valence-corrected chi connectivity index (χ4v) is 0.890. The smallest absolute Gasteiger partial charge is 0.185 e. The van der Waals surface area contributed by atoms with Crippen molar-refractivity contribution in [3.05, 3.63) is 6.92 Å². The Hall–Kier alpha value is -1.46. The molecule has 0 amide bonds. The van der Waals surface area contributed by atoms with E-state index in [9.17, 15) is 0 Å². The number of guanidine groups is 2. The number of hydrogen-bond donors (Lipinski definition) is 6.